The van der Waals surface area contributed by atoms with Gasteiger partial charge >= 0.3 is 0 Å². The maximum absolute atomic E-state index is 5.08. The number of H-pyrrole nitrogens is 2. The van der Waals surface area contributed by atoms with E-state index >= 15 is 0 Å². The summed E-state index contributed by atoms with van der Waals surface area (Å²) in [5.74, 6) is 1.79. The summed E-state index contributed by atoms with van der Waals surface area (Å²) in [4.78, 5) is 17.5. The average Bonchev–Trinajstić information content (AvgIpc) is 3.83. The van der Waals surface area contributed by atoms with Crippen molar-refractivity contribution < 1.29 is 0 Å². The van der Waals surface area contributed by atoms with Crippen molar-refractivity contribution in [3.05, 3.63) is 119 Å². The molecule has 0 unspecified atom stereocenters. The molecule has 0 spiro atoms. The lowest BCUT2D eigenvalue weighted by Crippen LogP contribution is -2.25. The molecule has 1 aliphatic carbocycles. The first-order valence-electron chi connectivity index (χ1n) is 19.7. The second-order valence-electron chi connectivity index (χ2n) is 14.7. The number of fused-ring (bicyclic) bond motifs is 5. The highest BCUT2D eigenvalue weighted by molar-refractivity contribution is 5.95. The van der Waals surface area contributed by atoms with Crippen LogP contribution in [0, 0.1) is 0 Å². The molecule has 0 saturated carbocycles. The molecule has 0 bridgehead atoms. The molecule has 1 aliphatic rings. The maximum atomic E-state index is 5.08. The Bertz CT molecular complexity index is 1930. The van der Waals surface area contributed by atoms with Gasteiger partial charge in [0.2, 0.25) is 0 Å². The van der Waals surface area contributed by atoms with E-state index in [-0.39, 0.29) is 5.41 Å². The molecule has 4 aromatic carbocycles. The number of nitrogens with one attached hydrogen (secondary N) is 2. The number of aromatic amines is 2. The minimum absolute atomic E-state index is 0.0289. The quantitative estimate of drug-likeness (QED) is 0.0892. The van der Waals surface area contributed by atoms with Gasteiger partial charge in [0.05, 0.1) is 22.1 Å². The average molecular weight is 675 g/mol. The van der Waals surface area contributed by atoms with Gasteiger partial charge in [-0.1, -0.05) is 164 Å². The SMILES string of the molecule is CCCCCCCCC1(CCCCCCCC)c2cc3[nH]c(/C=C/c4ccccc4)nc3cc2-c2cc3nc(/C=C/c4ccccc4)[nH]c3cc21. The zero-order valence-corrected chi connectivity index (χ0v) is 30.7. The van der Waals surface area contributed by atoms with E-state index in [1.165, 1.54) is 123 Å². The highest BCUT2D eigenvalue weighted by atomic mass is 14.9. The second kappa shape index (κ2) is 16.5. The van der Waals surface area contributed by atoms with Crippen molar-refractivity contribution in [3.8, 4) is 11.1 Å². The first-order chi connectivity index (χ1) is 25.2. The van der Waals surface area contributed by atoms with Crippen LogP contribution in [0.3, 0.4) is 0 Å². The van der Waals surface area contributed by atoms with Gasteiger partial charge in [0.15, 0.2) is 0 Å². The summed E-state index contributed by atoms with van der Waals surface area (Å²) in [6, 6.07) is 30.6. The van der Waals surface area contributed by atoms with Crippen LogP contribution in [0.25, 0.3) is 57.5 Å². The largest absolute Gasteiger partial charge is 0.338 e. The predicted octanol–water partition coefficient (Wildman–Crippen LogP) is 13.5. The van der Waals surface area contributed by atoms with Crippen molar-refractivity contribution in [3.63, 3.8) is 0 Å². The normalized spacial score (nSPS) is 13.6. The Morgan fingerprint density at radius 3 is 1.33 bits per heavy atom. The number of aromatic nitrogens is 4. The van der Waals surface area contributed by atoms with E-state index in [0.29, 0.717) is 0 Å². The van der Waals surface area contributed by atoms with Crippen molar-refractivity contribution in [2.75, 3.05) is 0 Å². The highest BCUT2D eigenvalue weighted by Gasteiger charge is 2.43. The molecule has 7 rings (SSSR count). The maximum Gasteiger partial charge on any atom is 0.131 e. The first-order valence-corrected chi connectivity index (χ1v) is 19.7. The molecular weight excluding hydrogens is 621 g/mol. The van der Waals surface area contributed by atoms with Gasteiger partial charge in [0.25, 0.3) is 0 Å². The zero-order chi connectivity index (χ0) is 34.9. The fourth-order valence-corrected chi connectivity index (χ4v) is 8.25. The van der Waals surface area contributed by atoms with Crippen LogP contribution >= 0.6 is 0 Å². The van der Waals surface area contributed by atoms with E-state index in [1.807, 2.05) is 0 Å². The van der Waals surface area contributed by atoms with Crippen LogP contribution in [0.4, 0.5) is 0 Å². The molecule has 262 valence electrons. The summed E-state index contributed by atoms with van der Waals surface area (Å²) in [5, 5.41) is 0. The van der Waals surface area contributed by atoms with Crippen molar-refractivity contribution in [2.24, 2.45) is 0 Å². The minimum Gasteiger partial charge on any atom is -0.338 e. The Morgan fingerprint density at radius 1 is 0.490 bits per heavy atom. The molecular formula is C47H54N4. The highest BCUT2D eigenvalue weighted by Crippen LogP contribution is 2.55. The Balaban J connectivity index is 1.29. The van der Waals surface area contributed by atoms with Crippen molar-refractivity contribution in [2.45, 2.75) is 109 Å². The number of imidazole rings is 2. The van der Waals surface area contributed by atoms with Crippen LogP contribution < -0.4 is 0 Å². The lowest BCUT2D eigenvalue weighted by atomic mass is 9.70. The molecule has 2 heterocycles. The monoisotopic (exact) mass is 674 g/mol. The third-order valence-corrected chi connectivity index (χ3v) is 11.0. The molecule has 2 aromatic heterocycles. The number of benzene rings is 4. The third kappa shape index (κ3) is 7.96. The molecule has 6 aromatic rings. The number of hydrogen-bond acceptors (Lipinski definition) is 2. The van der Waals surface area contributed by atoms with Gasteiger partial charge in [-0.2, -0.15) is 0 Å². The molecule has 0 fully saturated rings. The fourth-order valence-electron chi connectivity index (χ4n) is 8.25. The number of unbranched alkanes of at least 4 members (excludes halogenated alkanes) is 10. The number of nitrogens with zero attached hydrogens (tertiary/aromatic N) is 2. The van der Waals surface area contributed by atoms with Gasteiger partial charge in [-0.3, -0.25) is 0 Å². The lowest BCUT2D eigenvalue weighted by Gasteiger charge is -2.33. The topological polar surface area (TPSA) is 57.4 Å². The zero-order valence-electron chi connectivity index (χ0n) is 30.7. The summed E-state index contributed by atoms with van der Waals surface area (Å²) in [6.45, 7) is 4.61. The van der Waals surface area contributed by atoms with E-state index in [9.17, 15) is 0 Å². The summed E-state index contributed by atoms with van der Waals surface area (Å²) in [6.07, 6.45) is 26.5. The van der Waals surface area contributed by atoms with Gasteiger partial charge in [-0.15, -0.1) is 0 Å². The summed E-state index contributed by atoms with van der Waals surface area (Å²) < 4.78 is 0. The molecule has 51 heavy (non-hydrogen) atoms. The standard InChI is InChI=1S/C47H54N4/c1-3-5-7-9-11-19-29-47(30-20-12-10-8-6-4-2)39-33-43-41(48-45(50-43)27-25-35-21-15-13-16-22-35)31-37(39)38-32-42-44(34-40(38)47)51-46(49-42)28-26-36-23-17-14-18-24-36/h13-18,21-28,31-34H,3-12,19-20,29-30H2,1-2H3,(H,48,50)(H,49,51)/b27-25+,28-26+. The fraction of sp³-hybridized carbons (Fsp3) is 0.362. The molecule has 0 atom stereocenters. The Kier molecular flexibility index (Phi) is 11.3. The van der Waals surface area contributed by atoms with Crippen LogP contribution in [0.2, 0.25) is 0 Å². The van der Waals surface area contributed by atoms with Gasteiger partial charge in [-0.05, 0) is 82.6 Å². The first kappa shape index (κ1) is 34.7. The molecule has 4 nitrogen and oxygen atoms in total. The second-order valence-corrected chi connectivity index (χ2v) is 14.7. The van der Waals surface area contributed by atoms with Crippen LogP contribution in [0.15, 0.2) is 84.9 Å². The summed E-state index contributed by atoms with van der Waals surface area (Å²) in [7, 11) is 0. The Morgan fingerprint density at radius 2 is 0.902 bits per heavy atom. The summed E-state index contributed by atoms with van der Waals surface area (Å²) >= 11 is 0. The van der Waals surface area contributed by atoms with E-state index in [0.717, 1.165) is 33.7 Å². The predicted molar refractivity (Wildman–Crippen MR) is 219 cm³/mol. The molecule has 0 radical (unpaired) electrons. The number of hydrogen-bond donors (Lipinski definition) is 2. The Hall–Kier alpha value is -4.70. The van der Waals surface area contributed by atoms with Gasteiger partial charge in [-0.25, -0.2) is 9.97 Å². The van der Waals surface area contributed by atoms with Crippen LogP contribution in [-0.2, 0) is 5.41 Å². The third-order valence-electron chi connectivity index (χ3n) is 11.0. The van der Waals surface area contributed by atoms with Crippen molar-refractivity contribution >= 4 is 46.4 Å². The van der Waals surface area contributed by atoms with Gasteiger partial charge < -0.3 is 9.97 Å². The minimum atomic E-state index is -0.0289. The van der Waals surface area contributed by atoms with E-state index < -0.39 is 0 Å². The molecule has 0 aliphatic heterocycles. The summed E-state index contributed by atoms with van der Waals surface area (Å²) in [5.41, 5.74) is 12.3. The molecule has 0 amide bonds. The van der Waals surface area contributed by atoms with E-state index in [4.69, 9.17) is 9.97 Å². The van der Waals surface area contributed by atoms with Crippen LogP contribution in [0.5, 0.6) is 0 Å². The van der Waals surface area contributed by atoms with E-state index in [2.05, 4.69) is 133 Å². The van der Waals surface area contributed by atoms with Crippen LogP contribution in [0.1, 0.15) is 138 Å². The molecule has 0 saturated heterocycles. The van der Waals surface area contributed by atoms with Gasteiger partial charge in [0, 0.05) is 5.41 Å². The van der Waals surface area contributed by atoms with Gasteiger partial charge in [0.1, 0.15) is 11.6 Å². The van der Waals surface area contributed by atoms with Crippen molar-refractivity contribution in [1.82, 2.24) is 19.9 Å². The smallest absolute Gasteiger partial charge is 0.131 e. The van der Waals surface area contributed by atoms with E-state index in [1.54, 1.807) is 0 Å². The lowest BCUT2D eigenvalue weighted by molar-refractivity contribution is 0.398. The molecule has 2 N–H and O–H groups in total. The van der Waals surface area contributed by atoms with Crippen molar-refractivity contribution in [1.29, 1.82) is 0 Å². The Labute approximate surface area is 304 Å². The molecule has 4 heteroatoms. The van der Waals surface area contributed by atoms with Crippen LogP contribution in [-0.4, -0.2) is 19.9 Å². The number of rotatable bonds is 18.